The Morgan fingerprint density at radius 3 is 2.88 bits per heavy atom. The van der Waals surface area contributed by atoms with Crippen LogP contribution >= 0.6 is 15.9 Å². The average molecular weight is 298 g/mol. The van der Waals surface area contributed by atoms with Gasteiger partial charge in [-0.25, -0.2) is 4.98 Å². The predicted molar refractivity (Wildman–Crippen MR) is 70.7 cm³/mol. The number of carbonyl (C=O) groups excluding carboxylic acids is 1. The van der Waals surface area contributed by atoms with Crippen LogP contribution in [0.1, 0.15) is 20.3 Å². The molecule has 1 aliphatic heterocycles. The zero-order chi connectivity index (χ0) is 12.4. The largest absolute Gasteiger partial charge is 0.309 e. The first-order valence-corrected chi connectivity index (χ1v) is 6.55. The van der Waals surface area contributed by atoms with Crippen LogP contribution in [0, 0.1) is 5.92 Å². The molecule has 0 radical (unpaired) electrons. The van der Waals surface area contributed by atoms with Crippen LogP contribution in [-0.2, 0) is 4.79 Å². The quantitative estimate of drug-likeness (QED) is 0.823. The van der Waals surface area contributed by atoms with Crippen molar-refractivity contribution in [3.05, 3.63) is 22.8 Å². The van der Waals surface area contributed by atoms with Gasteiger partial charge in [0.05, 0.1) is 6.04 Å². The van der Waals surface area contributed by atoms with E-state index >= 15 is 0 Å². The Labute approximate surface area is 109 Å². The van der Waals surface area contributed by atoms with Crippen molar-refractivity contribution in [2.45, 2.75) is 32.4 Å². The SMILES string of the molecule is C[C@@H]1C[C@@H](C(=O)Nc2cccc(Br)n2)N[C@@H]1C. The molecule has 0 bridgehead atoms. The molecule has 4 nitrogen and oxygen atoms in total. The monoisotopic (exact) mass is 297 g/mol. The number of amides is 1. The number of nitrogens with one attached hydrogen (secondary N) is 2. The summed E-state index contributed by atoms with van der Waals surface area (Å²) in [6.45, 7) is 4.26. The van der Waals surface area contributed by atoms with E-state index in [2.05, 4.69) is 45.4 Å². The molecule has 0 saturated carbocycles. The number of carbonyl (C=O) groups is 1. The molecule has 92 valence electrons. The van der Waals surface area contributed by atoms with Gasteiger partial charge in [0.25, 0.3) is 0 Å². The van der Waals surface area contributed by atoms with E-state index in [1.54, 1.807) is 6.07 Å². The summed E-state index contributed by atoms with van der Waals surface area (Å²) < 4.78 is 0.719. The summed E-state index contributed by atoms with van der Waals surface area (Å²) in [5.41, 5.74) is 0. The Morgan fingerprint density at radius 2 is 2.29 bits per heavy atom. The fraction of sp³-hybridized carbons (Fsp3) is 0.500. The predicted octanol–water partition coefficient (Wildman–Crippen LogP) is 2.17. The van der Waals surface area contributed by atoms with Gasteiger partial charge in [0.15, 0.2) is 0 Å². The molecule has 2 heterocycles. The lowest BCUT2D eigenvalue weighted by Crippen LogP contribution is -2.38. The lowest BCUT2D eigenvalue weighted by molar-refractivity contribution is -0.117. The van der Waals surface area contributed by atoms with E-state index in [-0.39, 0.29) is 11.9 Å². The van der Waals surface area contributed by atoms with Gasteiger partial charge in [-0.1, -0.05) is 13.0 Å². The first-order valence-electron chi connectivity index (χ1n) is 5.75. The summed E-state index contributed by atoms with van der Waals surface area (Å²) in [7, 11) is 0. The maximum absolute atomic E-state index is 12.0. The van der Waals surface area contributed by atoms with Crippen LogP contribution in [0.4, 0.5) is 5.82 Å². The van der Waals surface area contributed by atoms with Crippen LogP contribution in [0.5, 0.6) is 0 Å². The molecule has 0 spiro atoms. The molecule has 2 N–H and O–H groups in total. The van der Waals surface area contributed by atoms with E-state index in [1.807, 2.05) is 12.1 Å². The zero-order valence-corrected chi connectivity index (χ0v) is 11.5. The second-order valence-electron chi connectivity index (χ2n) is 4.56. The highest BCUT2D eigenvalue weighted by atomic mass is 79.9. The van der Waals surface area contributed by atoms with Gasteiger partial charge in [-0.05, 0) is 47.3 Å². The van der Waals surface area contributed by atoms with Crippen molar-refractivity contribution in [1.29, 1.82) is 0 Å². The molecule has 1 aromatic rings. The third kappa shape index (κ3) is 3.04. The molecule has 5 heteroatoms. The minimum Gasteiger partial charge on any atom is -0.309 e. The molecule has 1 aromatic heterocycles. The Balaban J connectivity index is 1.98. The number of anilines is 1. The fourth-order valence-electron chi connectivity index (χ4n) is 2.00. The van der Waals surface area contributed by atoms with E-state index in [1.165, 1.54) is 0 Å². The first-order chi connectivity index (χ1) is 8.06. The number of nitrogens with zero attached hydrogens (tertiary/aromatic N) is 1. The van der Waals surface area contributed by atoms with Crippen molar-refractivity contribution in [3.8, 4) is 0 Å². The van der Waals surface area contributed by atoms with Gasteiger partial charge < -0.3 is 10.6 Å². The van der Waals surface area contributed by atoms with Crippen LogP contribution in [0.3, 0.4) is 0 Å². The van der Waals surface area contributed by atoms with Gasteiger partial charge >= 0.3 is 0 Å². The molecule has 17 heavy (non-hydrogen) atoms. The van der Waals surface area contributed by atoms with Gasteiger partial charge in [-0.3, -0.25) is 4.79 Å². The first kappa shape index (κ1) is 12.5. The summed E-state index contributed by atoms with van der Waals surface area (Å²) in [6, 6.07) is 5.74. The van der Waals surface area contributed by atoms with Gasteiger partial charge in [-0.2, -0.15) is 0 Å². The van der Waals surface area contributed by atoms with Crippen molar-refractivity contribution < 1.29 is 4.79 Å². The van der Waals surface area contributed by atoms with E-state index < -0.39 is 0 Å². The number of hydrogen-bond acceptors (Lipinski definition) is 3. The van der Waals surface area contributed by atoms with E-state index in [4.69, 9.17) is 0 Å². The zero-order valence-electron chi connectivity index (χ0n) is 9.90. The molecule has 1 aliphatic rings. The molecule has 1 fully saturated rings. The van der Waals surface area contributed by atoms with Gasteiger partial charge in [-0.15, -0.1) is 0 Å². The number of pyridine rings is 1. The third-order valence-corrected chi connectivity index (χ3v) is 3.65. The van der Waals surface area contributed by atoms with Crippen LogP contribution < -0.4 is 10.6 Å². The number of aromatic nitrogens is 1. The second-order valence-corrected chi connectivity index (χ2v) is 5.37. The second kappa shape index (κ2) is 5.14. The maximum Gasteiger partial charge on any atom is 0.242 e. The number of hydrogen-bond donors (Lipinski definition) is 2. The fourth-order valence-corrected chi connectivity index (χ4v) is 2.34. The maximum atomic E-state index is 12.0. The van der Waals surface area contributed by atoms with Crippen molar-refractivity contribution in [1.82, 2.24) is 10.3 Å². The Bertz CT molecular complexity index is 414. The summed E-state index contributed by atoms with van der Waals surface area (Å²) in [5, 5.41) is 6.11. The van der Waals surface area contributed by atoms with Crippen LogP contribution in [0.2, 0.25) is 0 Å². The Hall–Kier alpha value is -0.940. The van der Waals surface area contributed by atoms with Crippen molar-refractivity contribution >= 4 is 27.7 Å². The molecule has 0 unspecified atom stereocenters. The summed E-state index contributed by atoms with van der Waals surface area (Å²) in [6.07, 6.45) is 0.876. The van der Waals surface area contributed by atoms with Crippen LogP contribution in [-0.4, -0.2) is 23.0 Å². The smallest absolute Gasteiger partial charge is 0.242 e. The van der Waals surface area contributed by atoms with Gasteiger partial charge in [0.2, 0.25) is 5.91 Å². The lowest BCUT2D eigenvalue weighted by Gasteiger charge is -2.11. The van der Waals surface area contributed by atoms with Crippen LogP contribution in [0.15, 0.2) is 22.8 Å². The molecule has 0 aromatic carbocycles. The summed E-state index contributed by atoms with van der Waals surface area (Å²) in [4.78, 5) is 16.2. The highest BCUT2D eigenvalue weighted by Crippen LogP contribution is 2.20. The molecule has 1 saturated heterocycles. The summed E-state index contributed by atoms with van der Waals surface area (Å²) >= 11 is 3.28. The highest BCUT2D eigenvalue weighted by molar-refractivity contribution is 9.10. The van der Waals surface area contributed by atoms with Gasteiger partial charge in [0.1, 0.15) is 10.4 Å². The Morgan fingerprint density at radius 1 is 1.53 bits per heavy atom. The Kier molecular flexibility index (Phi) is 3.79. The summed E-state index contributed by atoms with van der Waals surface area (Å²) in [5.74, 6) is 1.10. The standard InChI is InChI=1S/C12H16BrN3O/c1-7-6-9(14-8(7)2)12(17)16-11-5-3-4-10(13)15-11/h3-5,7-9,14H,6H2,1-2H3,(H,15,16,17)/t7-,8-,9+/m1/s1. The number of rotatable bonds is 2. The molecule has 2 rings (SSSR count). The normalized spacial score (nSPS) is 28.1. The van der Waals surface area contributed by atoms with E-state index in [0.717, 1.165) is 11.0 Å². The van der Waals surface area contributed by atoms with Crippen LogP contribution in [0.25, 0.3) is 0 Å². The highest BCUT2D eigenvalue weighted by Gasteiger charge is 2.32. The molecule has 3 atom stereocenters. The van der Waals surface area contributed by atoms with Crippen molar-refractivity contribution in [2.75, 3.05) is 5.32 Å². The third-order valence-electron chi connectivity index (χ3n) is 3.21. The molecule has 1 amide bonds. The minimum atomic E-state index is -0.110. The molecule has 0 aliphatic carbocycles. The van der Waals surface area contributed by atoms with E-state index in [0.29, 0.717) is 17.8 Å². The minimum absolute atomic E-state index is 0.00759. The number of halogens is 1. The van der Waals surface area contributed by atoms with Crippen molar-refractivity contribution in [3.63, 3.8) is 0 Å². The lowest BCUT2D eigenvalue weighted by atomic mass is 10.0. The van der Waals surface area contributed by atoms with Crippen molar-refractivity contribution in [2.24, 2.45) is 5.92 Å². The van der Waals surface area contributed by atoms with Gasteiger partial charge in [0, 0.05) is 6.04 Å². The molecular weight excluding hydrogens is 282 g/mol. The molecular formula is C12H16BrN3O. The average Bonchev–Trinajstić information content (AvgIpc) is 2.59. The topological polar surface area (TPSA) is 54.0 Å². The van der Waals surface area contributed by atoms with E-state index in [9.17, 15) is 4.79 Å².